The molecule has 162 valence electrons. The number of fused-ring (bicyclic) bond motifs is 1. The Kier molecular flexibility index (Phi) is 5.79. The third-order valence-electron chi connectivity index (χ3n) is 4.98. The highest BCUT2D eigenvalue weighted by Gasteiger charge is 2.31. The van der Waals surface area contributed by atoms with Crippen LogP contribution in [-0.2, 0) is 19.0 Å². The number of hydrogen-bond acceptors (Lipinski definition) is 4. The number of urea groups is 1. The second-order valence-electron chi connectivity index (χ2n) is 7.12. The summed E-state index contributed by atoms with van der Waals surface area (Å²) >= 11 is 0. The summed E-state index contributed by atoms with van der Waals surface area (Å²) in [7, 11) is 0. The average molecular weight is 431 g/mol. The van der Waals surface area contributed by atoms with Gasteiger partial charge in [0.1, 0.15) is 18.1 Å². The molecule has 7 nitrogen and oxygen atoms in total. The molecule has 0 fully saturated rings. The van der Waals surface area contributed by atoms with Crippen LogP contribution in [0.4, 0.5) is 18.0 Å². The number of aromatic nitrogens is 3. The minimum Gasteiger partial charge on any atom is -0.493 e. The van der Waals surface area contributed by atoms with Gasteiger partial charge in [0, 0.05) is 13.0 Å². The SMILES string of the molecule is O=C(NCCc1ccc2c(c1)CCO2)NC(c1cccc(C(F)(F)F)c1)c1ncn[nH]1. The largest absolute Gasteiger partial charge is 0.493 e. The maximum absolute atomic E-state index is 13.1. The third kappa shape index (κ3) is 4.96. The Hall–Kier alpha value is -3.56. The monoisotopic (exact) mass is 431 g/mol. The van der Waals surface area contributed by atoms with Crippen LogP contribution in [0, 0.1) is 0 Å². The molecule has 0 radical (unpaired) electrons. The highest BCUT2D eigenvalue weighted by molar-refractivity contribution is 5.74. The number of ether oxygens (including phenoxy) is 1. The molecule has 0 bridgehead atoms. The molecule has 1 aliphatic rings. The van der Waals surface area contributed by atoms with Crippen molar-refractivity contribution in [1.82, 2.24) is 25.8 Å². The molecule has 3 aromatic rings. The summed E-state index contributed by atoms with van der Waals surface area (Å²) in [5.41, 5.74) is 1.64. The van der Waals surface area contributed by atoms with E-state index in [1.54, 1.807) is 0 Å². The van der Waals surface area contributed by atoms with Gasteiger partial charge in [-0.2, -0.15) is 18.3 Å². The van der Waals surface area contributed by atoms with E-state index >= 15 is 0 Å². The van der Waals surface area contributed by atoms with E-state index in [-0.39, 0.29) is 11.4 Å². The predicted molar refractivity (Wildman–Crippen MR) is 106 cm³/mol. The summed E-state index contributed by atoms with van der Waals surface area (Å²) in [5.74, 6) is 1.12. The van der Waals surface area contributed by atoms with Gasteiger partial charge in [0.15, 0.2) is 5.82 Å². The first-order valence-electron chi connectivity index (χ1n) is 9.71. The molecule has 1 atom stereocenters. The molecule has 31 heavy (non-hydrogen) atoms. The molecule has 1 unspecified atom stereocenters. The van der Waals surface area contributed by atoms with E-state index in [1.165, 1.54) is 18.5 Å². The molecule has 0 saturated heterocycles. The molecular weight excluding hydrogens is 411 g/mol. The molecule has 4 rings (SSSR count). The number of halogens is 3. The number of carbonyl (C=O) groups excluding carboxylic acids is 1. The third-order valence-corrected chi connectivity index (χ3v) is 4.98. The van der Waals surface area contributed by atoms with E-state index in [2.05, 4.69) is 31.9 Å². The van der Waals surface area contributed by atoms with Gasteiger partial charge >= 0.3 is 12.2 Å². The molecule has 1 aromatic heterocycles. The van der Waals surface area contributed by atoms with Crippen molar-refractivity contribution in [2.45, 2.75) is 25.1 Å². The van der Waals surface area contributed by atoms with E-state index in [9.17, 15) is 18.0 Å². The minimum absolute atomic E-state index is 0.230. The molecule has 2 aromatic carbocycles. The Morgan fingerprint density at radius 1 is 1.23 bits per heavy atom. The maximum Gasteiger partial charge on any atom is 0.416 e. The van der Waals surface area contributed by atoms with Gasteiger partial charge in [0.25, 0.3) is 0 Å². The average Bonchev–Trinajstić information content (AvgIpc) is 3.43. The molecule has 2 amide bonds. The normalized spacial score (nSPS) is 13.9. The van der Waals surface area contributed by atoms with Crippen LogP contribution in [0.15, 0.2) is 48.8 Å². The number of nitrogens with one attached hydrogen (secondary N) is 3. The lowest BCUT2D eigenvalue weighted by atomic mass is 10.0. The van der Waals surface area contributed by atoms with Crippen molar-refractivity contribution in [3.8, 4) is 5.75 Å². The van der Waals surface area contributed by atoms with Crippen LogP contribution in [0.5, 0.6) is 5.75 Å². The first kappa shape index (κ1) is 20.7. The molecule has 10 heteroatoms. The molecule has 1 aliphatic heterocycles. The molecule has 0 saturated carbocycles. The highest BCUT2D eigenvalue weighted by Crippen LogP contribution is 2.31. The standard InChI is InChI=1S/C21H20F3N5O2/c22-21(23,24)16-3-1-2-15(11-16)18(19-26-12-27-29-19)28-20(30)25-8-6-13-4-5-17-14(10-13)7-9-31-17/h1-5,10-12,18H,6-9H2,(H2,25,28,30)(H,26,27,29). The summed E-state index contributed by atoms with van der Waals surface area (Å²) in [5, 5.41) is 11.8. The minimum atomic E-state index is -4.49. The summed E-state index contributed by atoms with van der Waals surface area (Å²) in [6.45, 7) is 1.04. The summed E-state index contributed by atoms with van der Waals surface area (Å²) < 4.78 is 44.8. The van der Waals surface area contributed by atoms with Crippen molar-refractivity contribution < 1.29 is 22.7 Å². The lowest BCUT2D eigenvalue weighted by Crippen LogP contribution is -2.39. The number of carbonyl (C=O) groups is 1. The lowest BCUT2D eigenvalue weighted by Gasteiger charge is -2.19. The lowest BCUT2D eigenvalue weighted by molar-refractivity contribution is -0.137. The molecule has 0 aliphatic carbocycles. The quantitative estimate of drug-likeness (QED) is 0.558. The number of amides is 2. The first-order valence-corrected chi connectivity index (χ1v) is 9.71. The maximum atomic E-state index is 13.1. The van der Waals surface area contributed by atoms with Gasteiger partial charge in [-0.15, -0.1) is 0 Å². The summed E-state index contributed by atoms with van der Waals surface area (Å²) in [6.07, 6.45) is -1.79. The van der Waals surface area contributed by atoms with Crippen molar-refractivity contribution >= 4 is 6.03 Å². The van der Waals surface area contributed by atoms with Crippen LogP contribution >= 0.6 is 0 Å². The summed E-state index contributed by atoms with van der Waals surface area (Å²) in [4.78, 5) is 16.5. The van der Waals surface area contributed by atoms with Crippen molar-refractivity contribution in [1.29, 1.82) is 0 Å². The first-order chi connectivity index (χ1) is 14.9. The zero-order chi connectivity index (χ0) is 21.8. The van der Waals surface area contributed by atoms with E-state index < -0.39 is 23.8 Å². The second-order valence-corrected chi connectivity index (χ2v) is 7.12. The Labute approximate surface area is 176 Å². The van der Waals surface area contributed by atoms with E-state index in [1.807, 2.05) is 12.1 Å². The number of rotatable bonds is 6. The fraction of sp³-hybridized carbons (Fsp3) is 0.286. The fourth-order valence-corrected chi connectivity index (χ4v) is 3.46. The van der Waals surface area contributed by atoms with Gasteiger partial charge in [-0.1, -0.05) is 24.3 Å². The number of benzene rings is 2. The smallest absolute Gasteiger partial charge is 0.416 e. The van der Waals surface area contributed by atoms with Gasteiger partial charge in [-0.05, 0) is 41.3 Å². The Bertz CT molecular complexity index is 1050. The number of H-pyrrole nitrogens is 1. The number of nitrogens with zero attached hydrogens (tertiary/aromatic N) is 2. The Morgan fingerprint density at radius 2 is 2.10 bits per heavy atom. The highest BCUT2D eigenvalue weighted by atomic mass is 19.4. The topological polar surface area (TPSA) is 91.9 Å². The fourth-order valence-electron chi connectivity index (χ4n) is 3.46. The Balaban J connectivity index is 1.41. The zero-order valence-electron chi connectivity index (χ0n) is 16.4. The van der Waals surface area contributed by atoms with Gasteiger partial charge in [0.2, 0.25) is 0 Å². The van der Waals surface area contributed by atoms with E-state index in [0.29, 0.717) is 19.6 Å². The van der Waals surface area contributed by atoms with Crippen LogP contribution < -0.4 is 15.4 Å². The van der Waals surface area contributed by atoms with Gasteiger partial charge < -0.3 is 15.4 Å². The van der Waals surface area contributed by atoms with Crippen LogP contribution in [0.2, 0.25) is 0 Å². The van der Waals surface area contributed by atoms with Crippen molar-refractivity contribution in [3.05, 3.63) is 76.9 Å². The van der Waals surface area contributed by atoms with Gasteiger partial charge in [-0.25, -0.2) is 9.78 Å². The van der Waals surface area contributed by atoms with E-state index in [0.717, 1.165) is 35.4 Å². The predicted octanol–water partition coefficient (Wildman–Crippen LogP) is 3.39. The number of aromatic amines is 1. The van der Waals surface area contributed by atoms with E-state index in [4.69, 9.17) is 4.74 Å². The zero-order valence-corrected chi connectivity index (χ0v) is 16.4. The molecule has 0 spiro atoms. The second kappa shape index (κ2) is 8.66. The van der Waals surface area contributed by atoms with Crippen LogP contribution in [0.25, 0.3) is 0 Å². The van der Waals surface area contributed by atoms with Crippen molar-refractivity contribution in [3.63, 3.8) is 0 Å². The van der Waals surface area contributed by atoms with Crippen molar-refractivity contribution in [2.24, 2.45) is 0 Å². The number of hydrogen-bond donors (Lipinski definition) is 3. The molecule has 2 heterocycles. The molecular formula is C21H20F3N5O2. The van der Waals surface area contributed by atoms with Gasteiger partial charge in [0.05, 0.1) is 12.2 Å². The molecule has 3 N–H and O–H groups in total. The van der Waals surface area contributed by atoms with Crippen LogP contribution in [-0.4, -0.2) is 34.4 Å². The Morgan fingerprint density at radius 3 is 2.87 bits per heavy atom. The summed E-state index contributed by atoms with van der Waals surface area (Å²) in [6, 6.07) is 9.23. The number of alkyl halides is 3. The van der Waals surface area contributed by atoms with Crippen LogP contribution in [0.1, 0.15) is 34.1 Å². The van der Waals surface area contributed by atoms with Gasteiger partial charge in [-0.3, -0.25) is 5.10 Å². The van der Waals surface area contributed by atoms with Crippen molar-refractivity contribution in [2.75, 3.05) is 13.2 Å². The van der Waals surface area contributed by atoms with Crippen LogP contribution in [0.3, 0.4) is 0 Å².